The van der Waals surface area contributed by atoms with E-state index in [0.717, 1.165) is 0 Å². The van der Waals surface area contributed by atoms with Crippen molar-refractivity contribution in [3.63, 3.8) is 0 Å². The Morgan fingerprint density at radius 2 is 1.32 bits per heavy atom. The molecule has 1 aliphatic rings. The van der Waals surface area contributed by atoms with Gasteiger partial charge in [-0.25, -0.2) is 0 Å². The Bertz CT molecular complexity index is 572. The molecular weight excluding hydrogens is 432 g/mol. The monoisotopic (exact) mass is 455 g/mol. The number of carboxylic acids is 2. The van der Waals surface area contributed by atoms with Gasteiger partial charge in [0.15, 0.2) is 0 Å². The van der Waals surface area contributed by atoms with Crippen LogP contribution >= 0.6 is 0 Å². The fourth-order valence-electron chi connectivity index (χ4n) is 1.56. The smallest absolute Gasteiger partial charge is 0.609 e. The van der Waals surface area contributed by atoms with Crippen LogP contribution in [0.1, 0.15) is 19.3 Å². The molecule has 0 saturated carbocycles. The van der Waals surface area contributed by atoms with Gasteiger partial charge in [0, 0.05) is 12.8 Å². The van der Waals surface area contributed by atoms with Gasteiger partial charge in [-0.05, 0) is 20.3 Å². The average Bonchev–Trinajstić information content (AvgIpc) is 2.53. The molecule has 1 heterocycles. The molecule has 0 bridgehead atoms. The van der Waals surface area contributed by atoms with Gasteiger partial charge in [0.2, 0.25) is 0 Å². The Balaban J connectivity index is -0.000000189. The largest absolute Gasteiger partial charge is 0.655 e. The van der Waals surface area contributed by atoms with E-state index in [-0.39, 0.29) is 31.4 Å². The maximum Gasteiger partial charge on any atom is 0.655 e. The van der Waals surface area contributed by atoms with Crippen LogP contribution in [0.5, 0.6) is 0 Å². The van der Waals surface area contributed by atoms with Crippen LogP contribution in [0.2, 0.25) is 0 Å². The molecule has 1 saturated heterocycles. The van der Waals surface area contributed by atoms with E-state index < -0.39 is 43.6 Å². The predicted molar refractivity (Wildman–Crippen MR) is 97.9 cm³/mol. The third kappa shape index (κ3) is 23.0. The predicted octanol–water partition coefficient (Wildman–Crippen LogP) is -3.49. The molecule has 1 aliphatic heterocycles. The van der Waals surface area contributed by atoms with Gasteiger partial charge in [-0.2, -0.15) is 0 Å². The number of nitrogens with zero attached hydrogens (tertiary/aromatic N) is 1. The van der Waals surface area contributed by atoms with Crippen molar-refractivity contribution in [2.75, 3.05) is 20.1 Å². The zero-order valence-electron chi connectivity index (χ0n) is 16.3. The molecule has 0 aromatic rings. The first-order chi connectivity index (χ1) is 13.7. The molecule has 0 unspecified atom stereocenters. The number of rotatable bonds is 5. The molecule has 1 rings (SSSR count). The third-order valence-electron chi connectivity index (χ3n) is 2.59. The van der Waals surface area contributed by atoms with Crippen molar-refractivity contribution in [3.8, 4) is 0 Å². The standard InChI is InChI=1S/C7H9BO6.C5H9NO4.CO.BH3O3.H2O/c1-8(7(11)12)13-5(9)3-2-4-6(10)14-8;1-6(2-4(7)8)3-5(9)10;1-2;2-1(3)4;/h1-4H2,(H,11,12);2-3H2,1H3,(H,7,8)(H,9,10);;2-4H;1H2. The average molecular weight is 455 g/mol. The quantitative estimate of drug-likeness (QED) is 0.133. The molecule has 176 valence electrons. The zero-order chi connectivity index (χ0) is 24.5. The molecule has 18 heteroatoms. The van der Waals surface area contributed by atoms with E-state index in [2.05, 4.69) is 22.8 Å². The topological polar surface area (TPSA) is 280 Å². The van der Waals surface area contributed by atoms with E-state index in [1.807, 2.05) is 0 Å². The Kier molecular flexibility index (Phi) is 21.5. The second-order valence-electron chi connectivity index (χ2n) is 5.35. The first-order valence-corrected chi connectivity index (χ1v) is 7.74. The normalized spacial score (nSPS) is 13.8. The molecule has 1 fully saturated rings. The van der Waals surface area contributed by atoms with E-state index in [0.29, 0.717) is 6.42 Å². The number of carboxylic acid groups (broad SMARTS) is 3. The maximum absolute atomic E-state index is 11.0. The molecule has 0 radical (unpaired) electrons. The van der Waals surface area contributed by atoms with Crippen molar-refractivity contribution >= 4 is 43.6 Å². The molecule has 0 aromatic heterocycles. The summed E-state index contributed by atoms with van der Waals surface area (Å²) in [5.74, 6) is -5.02. The second-order valence-corrected chi connectivity index (χ2v) is 5.35. The van der Waals surface area contributed by atoms with Crippen molar-refractivity contribution in [2.24, 2.45) is 0 Å². The number of hydrogen-bond donors (Lipinski definition) is 6. The number of carbonyl (C=O) groups is 5. The molecule has 16 nitrogen and oxygen atoms in total. The van der Waals surface area contributed by atoms with Crippen LogP contribution in [-0.4, -0.2) is 105 Å². The maximum atomic E-state index is 11.0. The van der Waals surface area contributed by atoms with Crippen molar-refractivity contribution in [1.82, 2.24) is 4.90 Å². The number of likely N-dealkylation sites (N-methyl/N-ethyl adjacent to an activating group) is 1. The molecule has 31 heavy (non-hydrogen) atoms. The summed E-state index contributed by atoms with van der Waals surface area (Å²) in [5, 5.41) is 46.5. The minimum atomic E-state index is -3.12. The Hall–Kier alpha value is -3.11. The minimum Gasteiger partial charge on any atom is -0.609 e. The van der Waals surface area contributed by atoms with Gasteiger partial charge in [-0.3, -0.25) is 28.9 Å². The van der Waals surface area contributed by atoms with Crippen LogP contribution < -0.4 is 0 Å². The Morgan fingerprint density at radius 1 is 1.03 bits per heavy atom. The van der Waals surface area contributed by atoms with Crippen LogP contribution in [0, 0.1) is 13.5 Å². The van der Waals surface area contributed by atoms with E-state index in [1.54, 1.807) is 0 Å². The minimum absolute atomic E-state index is 0. The second kappa shape index (κ2) is 18.9. The molecule has 0 spiro atoms. The molecular formula is C13H23B2NO15. The molecule has 8 N–H and O–H groups in total. The van der Waals surface area contributed by atoms with E-state index >= 15 is 0 Å². The van der Waals surface area contributed by atoms with Crippen LogP contribution in [-0.2, 0) is 33.1 Å². The Morgan fingerprint density at radius 3 is 1.55 bits per heavy atom. The first-order valence-electron chi connectivity index (χ1n) is 7.74. The van der Waals surface area contributed by atoms with E-state index in [1.165, 1.54) is 11.9 Å². The summed E-state index contributed by atoms with van der Waals surface area (Å²) in [4.78, 5) is 53.7. The van der Waals surface area contributed by atoms with E-state index in [9.17, 15) is 24.0 Å². The third-order valence-corrected chi connectivity index (χ3v) is 2.59. The van der Waals surface area contributed by atoms with Gasteiger partial charge in [-0.15, -0.1) is 0 Å². The van der Waals surface area contributed by atoms with Gasteiger partial charge in [0.25, 0.3) is 17.8 Å². The fraction of sp³-hybridized carbons (Fsp3) is 0.462. The van der Waals surface area contributed by atoms with Crippen LogP contribution in [0.25, 0.3) is 0 Å². The summed E-state index contributed by atoms with van der Waals surface area (Å²) in [6.45, 7) is 4.00. The summed E-state index contributed by atoms with van der Waals surface area (Å²) in [5.41, 5.74) is 0. The number of hydrogen-bond acceptors (Lipinski definition) is 11. The number of carbonyl (C=O) groups excluding carboxylic acids is 2. The van der Waals surface area contributed by atoms with Gasteiger partial charge >= 0.3 is 37.1 Å². The van der Waals surface area contributed by atoms with Gasteiger partial charge in [0.05, 0.1) is 13.1 Å². The molecule has 0 atom stereocenters. The molecule has 0 aromatic carbocycles. The van der Waals surface area contributed by atoms with Gasteiger partial charge in [-0.1, -0.05) is 0 Å². The summed E-state index contributed by atoms with van der Waals surface area (Å²) >= 11 is 0. The van der Waals surface area contributed by atoms with Crippen LogP contribution in [0.15, 0.2) is 0 Å². The SMILES string of the molecule is CN(CC(=O)O)CC(=O)O.O.OB(O)O.[C-]#[O+].[CH2+][B-]1(C(=O)O)OC(=O)CCCC(=O)O1. The van der Waals surface area contributed by atoms with Gasteiger partial charge in [0.1, 0.15) is 0 Å². The number of aliphatic carboxylic acids is 2. The molecule has 0 amide bonds. The van der Waals surface area contributed by atoms with Crippen LogP contribution in [0.4, 0.5) is 4.79 Å². The van der Waals surface area contributed by atoms with Crippen LogP contribution in [0.3, 0.4) is 0 Å². The van der Waals surface area contributed by atoms with Crippen molar-refractivity contribution < 1.29 is 73.8 Å². The molecule has 0 aliphatic carbocycles. The van der Waals surface area contributed by atoms with Crippen molar-refractivity contribution in [2.45, 2.75) is 19.3 Å². The Labute approximate surface area is 176 Å². The fourth-order valence-corrected chi connectivity index (χ4v) is 1.56. The van der Waals surface area contributed by atoms with Crippen molar-refractivity contribution in [3.05, 3.63) is 13.5 Å². The zero-order valence-corrected chi connectivity index (χ0v) is 16.3. The van der Waals surface area contributed by atoms with Crippen molar-refractivity contribution in [1.29, 1.82) is 0 Å². The summed E-state index contributed by atoms with van der Waals surface area (Å²) in [6, 6.07) is 0. The first kappa shape index (κ1) is 35.3. The van der Waals surface area contributed by atoms with Gasteiger partial charge < -0.3 is 45.2 Å². The summed E-state index contributed by atoms with van der Waals surface area (Å²) in [7, 11) is -0.734. The van der Waals surface area contributed by atoms with E-state index in [4.69, 9.17) is 35.0 Å². The summed E-state index contributed by atoms with van der Waals surface area (Å²) in [6.07, 6.45) is 0.298. The summed E-state index contributed by atoms with van der Waals surface area (Å²) < 4.78 is 16.5.